The molecule has 0 spiro atoms. The Balaban J connectivity index is 2.04. The minimum atomic E-state index is -0.189. The molecular weight excluding hydrogens is 264 g/mol. The Morgan fingerprint density at radius 1 is 1.24 bits per heavy atom. The van der Waals surface area contributed by atoms with Gasteiger partial charge < -0.3 is 10.6 Å². The van der Waals surface area contributed by atoms with Gasteiger partial charge >= 0.3 is 0 Å². The summed E-state index contributed by atoms with van der Waals surface area (Å²) in [6, 6.07) is 9.89. The lowest BCUT2D eigenvalue weighted by Crippen LogP contribution is -2.30. The molecule has 1 aromatic carbocycles. The lowest BCUT2D eigenvalue weighted by Gasteiger charge is -2.10. The molecule has 0 atom stereocenters. The molecule has 2 aromatic rings. The molecule has 0 radical (unpaired) electrons. The summed E-state index contributed by atoms with van der Waals surface area (Å²) in [4.78, 5) is 20.1. The third-order valence-electron chi connectivity index (χ3n) is 3.04. The van der Waals surface area contributed by atoms with Crippen molar-refractivity contribution in [1.82, 2.24) is 15.3 Å². The Morgan fingerprint density at radius 2 is 2.00 bits per heavy atom. The summed E-state index contributed by atoms with van der Waals surface area (Å²) in [5.41, 5.74) is 2.78. The van der Waals surface area contributed by atoms with Gasteiger partial charge in [0, 0.05) is 18.7 Å². The molecule has 1 heterocycles. The monoisotopic (exact) mass is 284 g/mol. The fraction of sp³-hybridized carbons (Fsp3) is 0.312. The Hall–Kier alpha value is -2.43. The molecule has 0 aliphatic heterocycles. The van der Waals surface area contributed by atoms with E-state index in [4.69, 9.17) is 0 Å². The number of rotatable bonds is 5. The fourth-order valence-electron chi connectivity index (χ4n) is 1.91. The highest BCUT2D eigenvalue weighted by Crippen LogP contribution is 2.10. The SMILES string of the molecule is Cc1ccccc1CNc1cc(C(=O)NC(C)C)ncn1. The van der Waals surface area contributed by atoms with Crippen LogP contribution in [0.4, 0.5) is 5.82 Å². The van der Waals surface area contributed by atoms with Gasteiger partial charge in [0.15, 0.2) is 0 Å². The Bertz CT molecular complexity index is 625. The maximum atomic E-state index is 11.9. The first-order valence-electron chi connectivity index (χ1n) is 6.97. The van der Waals surface area contributed by atoms with E-state index in [0.29, 0.717) is 18.1 Å². The highest BCUT2D eigenvalue weighted by molar-refractivity contribution is 5.92. The van der Waals surface area contributed by atoms with Crippen LogP contribution in [-0.2, 0) is 6.54 Å². The van der Waals surface area contributed by atoms with Gasteiger partial charge in [-0.15, -0.1) is 0 Å². The van der Waals surface area contributed by atoms with Crippen molar-refractivity contribution in [2.24, 2.45) is 0 Å². The van der Waals surface area contributed by atoms with E-state index in [1.165, 1.54) is 17.5 Å². The molecule has 0 aliphatic carbocycles. The molecule has 1 amide bonds. The van der Waals surface area contributed by atoms with E-state index >= 15 is 0 Å². The summed E-state index contributed by atoms with van der Waals surface area (Å²) in [5.74, 6) is 0.452. The van der Waals surface area contributed by atoms with Gasteiger partial charge in [0.05, 0.1) is 0 Å². The zero-order valence-electron chi connectivity index (χ0n) is 12.6. The number of nitrogens with zero attached hydrogens (tertiary/aromatic N) is 2. The third kappa shape index (κ3) is 4.27. The van der Waals surface area contributed by atoms with Crippen molar-refractivity contribution in [3.63, 3.8) is 0 Å². The number of carbonyl (C=O) groups excluding carboxylic acids is 1. The number of nitrogens with one attached hydrogen (secondary N) is 2. The topological polar surface area (TPSA) is 66.9 Å². The summed E-state index contributed by atoms with van der Waals surface area (Å²) in [6.07, 6.45) is 1.40. The normalized spacial score (nSPS) is 10.5. The van der Waals surface area contributed by atoms with Gasteiger partial charge in [-0.25, -0.2) is 9.97 Å². The third-order valence-corrected chi connectivity index (χ3v) is 3.04. The van der Waals surface area contributed by atoms with Crippen LogP contribution < -0.4 is 10.6 Å². The molecule has 2 N–H and O–H groups in total. The lowest BCUT2D eigenvalue weighted by molar-refractivity contribution is 0.0938. The van der Waals surface area contributed by atoms with Gasteiger partial charge in [-0.2, -0.15) is 0 Å². The number of hydrogen-bond acceptors (Lipinski definition) is 4. The highest BCUT2D eigenvalue weighted by Gasteiger charge is 2.09. The van der Waals surface area contributed by atoms with Gasteiger partial charge in [0.25, 0.3) is 5.91 Å². The van der Waals surface area contributed by atoms with Crippen LogP contribution in [-0.4, -0.2) is 21.9 Å². The second kappa shape index (κ2) is 6.83. The van der Waals surface area contributed by atoms with E-state index in [1.807, 2.05) is 26.0 Å². The van der Waals surface area contributed by atoms with Crippen LogP contribution in [0.5, 0.6) is 0 Å². The average Bonchev–Trinajstić information content (AvgIpc) is 2.46. The smallest absolute Gasteiger partial charge is 0.270 e. The average molecular weight is 284 g/mol. The van der Waals surface area contributed by atoms with Crippen molar-refractivity contribution < 1.29 is 4.79 Å². The molecule has 0 aliphatic rings. The first kappa shape index (κ1) is 15.0. The molecule has 0 saturated carbocycles. The molecule has 0 unspecified atom stereocenters. The molecule has 0 bridgehead atoms. The van der Waals surface area contributed by atoms with Crippen molar-refractivity contribution in [1.29, 1.82) is 0 Å². The van der Waals surface area contributed by atoms with Gasteiger partial charge in [0.2, 0.25) is 0 Å². The van der Waals surface area contributed by atoms with E-state index in [-0.39, 0.29) is 11.9 Å². The molecular formula is C16H20N4O. The molecule has 21 heavy (non-hydrogen) atoms. The summed E-state index contributed by atoms with van der Waals surface area (Å²) < 4.78 is 0. The van der Waals surface area contributed by atoms with Crippen LogP contribution in [0.1, 0.15) is 35.5 Å². The minimum Gasteiger partial charge on any atom is -0.366 e. The van der Waals surface area contributed by atoms with Crippen molar-refractivity contribution in [2.75, 3.05) is 5.32 Å². The second-order valence-corrected chi connectivity index (χ2v) is 5.20. The Labute approximate surface area is 124 Å². The molecule has 5 nitrogen and oxygen atoms in total. The van der Waals surface area contributed by atoms with Crippen LogP contribution in [0.25, 0.3) is 0 Å². The largest absolute Gasteiger partial charge is 0.366 e. The zero-order valence-corrected chi connectivity index (χ0v) is 12.6. The predicted octanol–water partition coefficient (Wildman–Crippen LogP) is 2.54. The van der Waals surface area contributed by atoms with E-state index in [9.17, 15) is 4.79 Å². The fourth-order valence-corrected chi connectivity index (χ4v) is 1.91. The predicted molar refractivity (Wildman–Crippen MR) is 83.1 cm³/mol. The van der Waals surface area contributed by atoms with E-state index < -0.39 is 0 Å². The van der Waals surface area contributed by atoms with Crippen molar-refractivity contribution in [2.45, 2.75) is 33.4 Å². The highest BCUT2D eigenvalue weighted by atomic mass is 16.1. The molecule has 0 saturated heterocycles. The number of aromatic nitrogens is 2. The number of carbonyl (C=O) groups is 1. The first-order valence-corrected chi connectivity index (χ1v) is 6.97. The number of aryl methyl sites for hydroxylation is 1. The van der Waals surface area contributed by atoms with Crippen molar-refractivity contribution >= 4 is 11.7 Å². The summed E-state index contributed by atoms with van der Waals surface area (Å²) in [7, 11) is 0. The quantitative estimate of drug-likeness (QED) is 0.885. The Morgan fingerprint density at radius 3 is 2.71 bits per heavy atom. The van der Waals surface area contributed by atoms with Gasteiger partial charge in [-0.1, -0.05) is 24.3 Å². The number of benzene rings is 1. The van der Waals surface area contributed by atoms with Gasteiger partial charge in [-0.05, 0) is 31.9 Å². The number of hydrogen-bond donors (Lipinski definition) is 2. The molecule has 110 valence electrons. The maximum absolute atomic E-state index is 11.9. The van der Waals surface area contributed by atoms with Crippen LogP contribution >= 0.6 is 0 Å². The number of anilines is 1. The zero-order chi connectivity index (χ0) is 15.2. The van der Waals surface area contributed by atoms with Crippen LogP contribution in [0, 0.1) is 6.92 Å². The molecule has 0 fully saturated rings. The summed E-state index contributed by atoms with van der Waals surface area (Å²) >= 11 is 0. The van der Waals surface area contributed by atoms with Crippen molar-refractivity contribution in [3.05, 3.63) is 53.5 Å². The molecule has 1 aromatic heterocycles. The standard InChI is InChI=1S/C16H20N4O/c1-11(2)20-16(21)14-8-15(19-10-18-14)17-9-13-7-5-4-6-12(13)3/h4-8,10-11H,9H2,1-3H3,(H,20,21)(H,17,18,19). The van der Waals surface area contributed by atoms with Gasteiger partial charge in [0.1, 0.15) is 17.8 Å². The molecule has 2 rings (SSSR count). The maximum Gasteiger partial charge on any atom is 0.270 e. The second-order valence-electron chi connectivity index (χ2n) is 5.20. The van der Waals surface area contributed by atoms with E-state index in [1.54, 1.807) is 6.07 Å². The summed E-state index contributed by atoms with van der Waals surface area (Å²) in [5, 5.41) is 6.03. The van der Waals surface area contributed by atoms with E-state index in [0.717, 1.165) is 0 Å². The van der Waals surface area contributed by atoms with Crippen LogP contribution in [0.3, 0.4) is 0 Å². The van der Waals surface area contributed by atoms with Crippen molar-refractivity contribution in [3.8, 4) is 0 Å². The molecule has 5 heteroatoms. The minimum absolute atomic E-state index is 0.0795. The lowest BCUT2D eigenvalue weighted by atomic mass is 10.1. The summed E-state index contributed by atoms with van der Waals surface area (Å²) in [6.45, 7) is 6.56. The van der Waals surface area contributed by atoms with Crippen LogP contribution in [0.15, 0.2) is 36.7 Å². The Kier molecular flexibility index (Phi) is 4.87. The number of amides is 1. The van der Waals surface area contributed by atoms with Crippen LogP contribution in [0.2, 0.25) is 0 Å². The first-order chi connectivity index (χ1) is 10.1. The van der Waals surface area contributed by atoms with E-state index in [2.05, 4.69) is 39.7 Å². The van der Waals surface area contributed by atoms with Gasteiger partial charge in [-0.3, -0.25) is 4.79 Å².